The van der Waals surface area contributed by atoms with Crippen molar-refractivity contribution in [3.63, 3.8) is 0 Å². The molecular weight excluding hydrogens is 254 g/mol. The van der Waals surface area contributed by atoms with Crippen molar-refractivity contribution in [1.29, 1.82) is 0 Å². The van der Waals surface area contributed by atoms with Crippen molar-refractivity contribution in [3.05, 3.63) is 29.0 Å². The van der Waals surface area contributed by atoms with Crippen LogP contribution in [0.5, 0.6) is 0 Å². The molecule has 1 aromatic heterocycles. The van der Waals surface area contributed by atoms with Crippen LogP contribution in [0.1, 0.15) is 30.1 Å². The monoisotopic (exact) mass is 267 g/mol. The SMILES string of the molecule is CC(NC(=O)c1ccnc(Cl)c1)C(=O)NC1CC1. The number of hydrogen-bond acceptors (Lipinski definition) is 3. The van der Waals surface area contributed by atoms with Gasteiger partial charge in [0, 0.05) is 17.8 Å². The van der Waals surface area contributed by atoms with E-state index in [1.165, 1.54) is 12.3 Å². The third-order valence-electron chi connectivity index (χ3n) is 2.65. The fraction of sp³-hybridized carbons (Fsp3) is 0.417. The summed E-state index contributed by atoms with van der Waals surface area (Å²) in [6.45, 7) is 1.65. The second-order valence-electron chi connectivity index (χ2n) is 4.35. The van der Waals surface area contributed by atoms with Crippen molar-refractivity contribution >= 4 is 23.4 Å². The fourth-order valence-electron chi connectivity index (χ4n) is 1.44. The molecule has 1 unspecified atom stereocenters. The van der Waals surface area contributed by atoms with Gasteiger partial charge in [-0.05, 0) is 31.9 Å². The van der Waals surface area contributed by atoms with E-state index in [0.717, 1.165) is 12.8 Å². The van der Waals surface area contributed by atoms with Crippen molar-refractivity contribution in [3.8, 4) is 0 Å². The number of halogens is 1. The van der Waals surface area contributed by atoms with Crippen molar-refractivity contribution in [2.45, 2.75) is 31.8 Å². The van der Waals surface area contributed by atoms with Gasteiger partial charge in [-0.25, -0.2) is 4.98 Å². The Hall–Kier alpha value is -1.62. The molecule has 1 aromatic rings. The van der Waals surface area contributed by atoms with Gasteiger partial charge in [-0.3, -0.25) is 9.59 Å². The van der Waals surface area contributed by atoms with Gasteiger partial charge in [0.05, 0.1) is 0 Å². The Morgan fingerprint density at radius 2 is 2.22 bits per heavy atom. The molecule has 0 aromatic carbocycles. The maximum absolute atomic E-state index is 11.8. The minimum Gasteiger partial charge on any atom is -0.352 e. The molecule has 18 heavy (non-hydrogen) atoms. The lowest BCUT2D eigenvalue weighted by molar-refractivity contribution is -0.122. The molecule has 1 aliphatic carbocycles. The molecule has 1 aliphatic rings. The van der Waals surface area contributed by atoms with E-state index in [2.05, 4.69) is 15.6 Å². The molecule has 96 valence electrons. The Labute approximate surface area is 110 Å². The van der Waals surface area contributed by atoms with Gasteiger partial charge >= 0.3 is 0 Å². The fourth-order valence-corrected chi connectivity index (χ4v) is 1.62. The summed E-state index contributed by atoms with van der Waals surface area (Å²) in [6, 6.07) is 2.73. The highest BCUT2D eigenvalue weighted by Crippen LogP contribution is 2.18. The number of rotatable bonds is 4. The molecule has 2 amide bonds. The highest BCUT2D eigenvalue weighted by molar-refractivity contribution is 6.29. The highest BCUT2D eigenvalue weighted by atomic mass is 35.5. The summed E-state index contributed by atoms with van der Waals surface area (Å²) >= 11 is 5.69. The van der Waals surface area contributed by atoms with Crippen LogP contribution in [-0.2, 0) is 4.79 Å². The van der Waals surface area contributed by atoms with Gasteiger partial charge < -0.3 is 10.6 Å². The van der Waals surface area contributed by atoms with E-state index >= 15 is 0 Å². The van der Waals surface area contributed by atoms with Crippen LogP contribution in [0.4, 0.5) is 0 Å². The van der Waals surface area contributed by atoms with Gasteiger partial charge in [-0.2, -0.15) is 0 Å². The second kappa shape index (κ2) is 5.35. The van der Waals surface area contributed by atoms with E-state index in [-0.39, 0.29) is 23.0 Å². The molecule has 2 N–H and O–H groups in total. The number of carbonyl (C=O) groups excluding carboxylic acids is 2. The van der Waals surface area contributed by atoms with E-state index in [4.69, 9.17) is 11.6 Å². The first kappa shape index (κ1) is 12.8. The molecule has 5 nitrogen and oxygen atoms in total. The van der Waals surface area contributed by atoms with E-state index in [0.29, 0.717) is 5.56 Å². The number of aromatic nitrogens is 1. The first-order valence-electron chi connectivity index (χ1n) is 5.79. The standard InChI is InChI=1S/C12H14ClN3O2/c1-7(11(17)16-9-2-3-9)15-12(18)8-4-5-14-10(13)6-8/h4-7,9H,2-3H2,1H3,(H,15,18)(H,16,17). The summed E-state index contributed by atoms with van der Waals surface area (Å²) in [4.78, 5) is 27.3. The molecule has 0 spiro atoms. The Bertz CT molecular complexity index is 474. The predicted molar refractivity (Wildman–Crippen MR) is 67.3 cm³/mol. The molecule has 0 aliphatic heterocycles. The molecule has 1 heterocycles. The molecule has 0 radical (unpaired) electrons. The normalized spacial score (nSPS) is 15.9. The molecule has 0 bridgehead atoms. The summed E-state index contributed by atoms with van der Waals surface area (Å²) < 4.78 is 0. The van der Waals surface area contributed by atoms with Gasteiger partial charge in [0.2, 0.25) is 5.91 Å². The Kier molecular flexibility index (Phi) is 3.81. The molecular formula is C12H14ClN3O2. The lowest BCUT2D eigenvalue weighted by Crippen LogP contribution is -2.45. The van der Waals surface area contributed by atoms with Crippen molar-refractivity contribution in [1.82, 2.24) is 15.6 Å². The van der Waals surface area contributed by atoms with Crippen LogP contribution in [-0.4, -0.2) is 28.9 Å². The Morgan fingerprint density at radius 1 is 1.50 bits per heavy atom. The average Bonchev–Trinajstić information content (AvgIpc) is 3.12. The second-order valence-corrected chi connectivity index (χ2v) is 4.73. The van der Waals surface area contributed by atoms with Crippen molar-refractivity contribution in [2.24, 2.45) is 0 Å². The van der Waals surface area contributed by atoms with E-state index in [9.17, 15) is 9.59 Å². The number of carbonyl (C=O) groups is 2. The summed E-state index contributed by atoms with van der Waals surface area (Å²) in [5, 5.41) is 5.70. The van der Waals surface area contributed by atoms with Crippen LogP contribution in [0.15, 0.2) is 18.3 Å². The molecule has 0 saturated heterocycles. The van der Waals surface area contributed by atoms with E-state index in [1.807, 2.05) is 0 Å². The van der Waals surface area contributed by atoms with Crippen LogP contribution in [0.2, 0.25) is 5.15 Å². The predicted octanol–water partition coefficient (Wildman–Crippen LogP) is 1.13. The maximum Gasteiger partial charge on any atom is 0.252 e. The number of hydrogen-bond donors (Lipinski definition) is 2. The van der Waals surface area contributed by atoms with Gasteiger partial charge in [0.1, 0.15) is 11.2 Å². The average molecular weight is 268 g/mol. The third kappa shape index (κ3) is 3.43. The minimum atomic E-state index is -0.565. The molecule has 2 rings (SSSR count). The summed E-state index contributed by atoms with van der Waals surface area (Å²) in [5.74, 6) is -0.497. The zero-order valence-electron chi connectivity index (χ0n) is 9.94. The number of nitrogens with one attached hydrogen (secondary N) is 2. The molecule has 1 atom stereocenters. The minimum absolute atomic E-state index is 0.161. The molecule has 1 saturated carbocycles. The Balaban J connectivity index is 1.91. The zero-order valence-corrected chi connectivity index (χ0v) is 10.7. The van der Waals surface area contributed by atoms with Gasteiger partial charge in [-0.15, -0.1) is 0 Å². The summed E-state index contributed by atoms with van der Waals surface area (Å²) in [7, 11) is 0. The number of pyridine rings is 1. The van der Waals surface area contributed by atoms with Gasteiger partial charge in [-0.1, -0.05) is 11.6 Å². The van der Waals surface area contributed by atoms with Crippen LogP contribution >= 0.6 is 11.6 Å². The third-order valence-corrected chi connectivity index (χ3v) is 2.86. The first-order valence-corrected chi connectivity index (χ1v) is 6.17. The number of nitrogens with zero attached hydrogens (tertiary/aromatic N) is 1. The highest BCUT2D eigenvalue weighted by Gasteiger charge is 2.26. The lowest BCUT2D eigenvalue weighted by atomic mass is 10.2. The quantitative estimate of drug-likeness (QED) is 0.804. The van der Waals surface area contributed by atoms with Crippen LogP contribution in [0, 0.1) is 0 Å². The van der Waals surface area contributed by atoms with Crippen LogP contribution in [0.3, 0.4) is 0 Å². The zero-order chi connectivity index (χ0) is 13.1. The summed E-state index contributed by atoms with van der Waals surface area (Å²) in [6.07, 6.45) is 3.49. The topological polar surface area (TPSA) is 71.1 Å². The lowest BCUT2D eigenvalue weighted by Gasteiger charge is -2.13. The van der Waals surface area contributed by atoms with Crippen LogP contribution < -0.4 is 10.6 Å². The van der Waals surface area contributed by atoms with Crippen molar-refractivity contribution < 1.29 is 9.59 Å². The maximum atomic E-state index is 11.8. The first-order chi connectivity index (χ1) is 8.56. The largest absolute Gasteiger partial charge is 0.352 e. The van der Waals surface area contributed by atoms with E-state index < -0.39 is 6.04 Å². The van der Waals surface area contributed by atoms with Crippen LogP contribution in [0.25, 0.3) is 0 Å². The summed E-state index contributed by atoms with van der Waals surface area (Å²) in [5.41, 5.74) is 0.390. The van der Waals surface area contributed by atoms with Crippen molar-refractivity contribution in [2.75, 3.05) is 0 Å². The van der Waals surface area contributed by atoms with E-state index in [1.54, 1.807) is 13.0 Å². The molecule has 6 heteroatoms. The number of amides is 2. The Morgan fingerprint density at radius 3 is 2.83 bits per heavy atom. The smallest absolute Gasteiger partial charge is 0.252 e. The van der Waals surface area contributed by atoms with Gasteiger partial charge in [0.25, 0.3) is 5.91 Å². The molecule has 1 fully saturated rings. The van der Waals surface area contributed by atoms with Gasteiger partial charge in [0.15, 0.2) is 0 Å².